The maximum absolute atomic E-state index is 8.74. The van der Waals surface area contributed by atoms with Gasteiger partial charge in [-0.05, 0) is 12.1 Å². The number of anilines is 2. The van der Waals surface area contributed by atoms with Crippen LogP contribution in [0.1, 0.15) is 12.1 Å². The van der Waals surface area contributed by atoms with Gasteiger partial charge in [-0.3, -0.25) is 0 Å². The summed E-state index contributed by atoms with van der Waals surface area (Å²) in [6, 6.07) is 7.34. The van der Waals surface area contributed by atoms with Crippen molar-refractivity contribution in [2.75, 3.05) is 24.2 Å². The summed E-state index contributed by atoms with van der Waals surface area (Å²) < 4.78 is 0. The van der Waals surface area contributed by atoms with Crippen LogP contribution in [0.2, 0.25) is 0 Å². The number of hydrogen-bond donors (Lipinski definition) is 1. The lowest BCUT2D eigenvalue weighted by Gasteiger charge is -2.16. The van der Waals surface area contributed by atoms with Crippen LogP contribution in [0.5, 0.6) is 0 Å². The van der Waals surface area contributed by atoms with Crippen LogP contribution in [0.3, 0.4) is 0 Å². The van der Waals surface area contributed by atoms with Crippen molar-refractivity contribution in [1.82, 2.24) is 4.98 Å². The molecule has 0 aliphatic heterocycles. The molecule has 0 spiro atoms. The monoisotopic (exact) mass is 201 g/mol. The highest BCUT2D eigenvalue weighted by Gasteiger charge is 2.05. The summed E-state index contributed by atoms with van der Waals surface area (Å²) in [7, 11) is 1.82. The highest BCUT2D eigenvalue weighted by Crippen LogP contribution is 2.14. The minimum Gasteiger partial charge on any atom is -0.396 e. The zero-order valence-corrected chi connectivity index (χ0v) is 8.44. The smallest absolute Gasteiger partial charge is 0.165 e. The van der Waals surface area contributed by atoms with Gasteiger partial charge < -0.3 is 10.6 Å². The molecule has 0 fully saturated rings. The van der Waals surface area contributed by atoms with E-state index in [1.807, 2.05) is 24.1 Å². The van der Waals surface area contributed by atoms with Crippen molar-refractivity contribution in [3.05, 3.63) is 17.8 Å². The number of aromatic nitrogens is 1. The van der Waals surface area contributed by atoms with Gasteiger partial charge in [0.15, 0.2) is 5.69 Å². The molecule has 0 radical (unpaired) electrons. The van der Waals surface area contributed by atoms with Gasteiger partial charge in [0.1, 0.15) is 11.9 Å². The zero-order chi connectivity index (χ0) is 11.3. The van der Waals surface area contributed by atoms with E-state index in [-0.39, 0.29) is 5.69 Å². The first-order chi connectivity index (χ1) is 7.19. The molecule has 1 aromatic rings. The Morgan fingerprint density at radius 3 is 2.80 bits per heavy atom. The average Bonchev–Trinajstić information content (AvgIpc) is 2.26. The lowest BCUT2D eigenvalue weighted by atomic mass is 10.3. The maximum atomic E-state index is 8.74. The summed E-state index contributed by atoms with van der Waals surface area (Å²) in [5, 5.41) is 17.2. The molecule has 0 aliphatic rings. The molecule has 0 saturated carbocycles. The van der Waals surface area contributed by atoms with Crippen molar-refractivity contribution in [2.45, 2.75) is 6.42 Å². The molecule has 15 heavy (non-hydrogen) atoms. The summed E-state index contributed by atoms with van der Waals surface area (Å²) >= 11 is 0. The van der Waals surface area contributed by atoms with Gasteiger partial charge in [0.2, 0.25) is 0 Å². The van der Waals surface area contributed by atoms with Gasteiger partial charge in [-0.1, -0.05) is 0 Å². The Hall–Kier alpha value is -2.27. The fourth-order valence-electron chi connectivity index (χ4n) is 1.09. The van der Waals surface area contributed by atoms with Gasteiger partial charge in [0.25, 0.3) is 0 Å². The van der Waals surface area contributed by atoms with Crippen molar-refractivity contribution in [3.63, 3.8) is 0 Å². The standard InChI is InChI=1S/C10H11N5/c1-15(6-2-5-11)10-4-3-8(13)9(7-12)14-10/h3-4H,2,6,13H2,1H3. The number of rotatable bonds is 3. The largest absolute Gasteiger partial charge is 0.396 e. The Morgan fingerprint density at radius 2 is 2.20 bits per heavy atom. The van der Waals surface area contributed by atoms with Gasteiger partial charge in [0.05, 0.1) is 18.2 Å². The molecule has 1 aromatic heterocycles. The van der Waals surface area contributed by atoms with E-state index in [1.165, 1.54) is 0 Å². The van der Waals surface area contributed by atoms with E-state index in [4.69, 9.17) is 16.3 Å². The lowest BCUT2D eigenvalue weighted by molar-refractivity contribution is 0.884. The minimum absolute atomic E-state index is 0.219. The molecular weight excluding hydrogens is 190 g/mol. The van der Waals surface area contributed by atoms with Crippen molar-refractivity contribution in [3.8, 4) is 12.1 Å². The van der Waals surface area contributed by atoms with Crippen LogP contribution in [0.25, 0.3) is 0 Å². The highest BCUT2D eigenvalue weighted by atomic mass is 15.2. The predicted octanol–water partition coefficient (Wildman–Crippen LogP) is 0.885. The van der Waals surface area contributed by atoms with E-state index in [9.17, 15) is 0 Å². The van der Waals surface area contributed by atoms with Crippen molar-refractivity contribution in [2.24, 2.45) is 0 Å². The Bertz CT molecular complexity index is 426. The summed E-state index contributed by atoms with van der Waals surface area (Å²) in [6.07, 6.45) is 0.421. The number of pyridine rings is 1. The zero-order valence-electron chi connectivity index (χ0n) is 8.44. The van der Waals surface area contributed by atoms with Crippen LogP contribution in [0, 0.1) is 22.7 Å². The summed E-state index contributed by atoms with van der Waals surface area (Å²) in [4.78, 5) is 5.88. The number of nitrogens with zero attached hydrogens (tertiary/aromatic N) is 4. The molecule has 76 valence electrons. The van der Waals surface area contributed by atoms with Gasteiger partial charge in [-0.2, -0.15) is 10.5 Å². The molecule has 5 heteroatoms. The number of hydrogen-bond acceptors (Lipinski definition) is 5. The molecule has 2 N–H and O–H groups in total. The third-order valence-electron chi connectivity index (χ3n) is 1.97. The highest BCUT2D eigenvalue weighted by molar-refractivity contribution is 5.55. The van der Waals surface area contributed by atoms with E-state index in [2.05, 4.69) is 4.98 Å². The Labute approximate surface area is 88.4 Å². The van der Waals surface area contributed by atoms with Gasteiger partial charge in [-0.15, -0.1) is 0 Å². The fourth-order valence-corrected chi connectivity index (χ4v) is 1.09. The molecule has 0 aromatic carbocycles. The normalized spacial score (nSPS) is 9.00. The third kappa shape index (κ3) is 2.58. The predicted molar refractivity (Wildman–Crippen MR) is 56.9 cm³/mol. The fraction of sp³-hybridized carbons (Fsp3) is 0.300. The Morgan fingerprint density at radius 1 is 1.47 bits per heavy atom. The first-order valence-corrected chi connectivity index (χ1v) is 4.43. The Balaban J connectivity index is 2.88. The Kier molecular flexibility index (Phi) is 3.48. The molecular formula is C10H11N5. The molecule has 1 heterocycles. The lowest BCUT2D eigenvalue weighted by Crippen LogP contribution is -2.19. The van der Waals surface area contributed by atoms with E-state index in [1.54, 1.807) is 12.1 Å². The quantitative estimate of drug-likeness (QED) is 0.784. The number of nitriles is 2. The van der Waals surface area contributed by atoms with E-state index in [0.29, 0.717) is 24.5 Å². The summed E-state index contributed by atoms with van der Waals surface area (Å²) in [6.45, 7) is 0.582. The van der Waals surface area contributed by atoms with Crippen molar-refractivity contribution < 1.29 is 0 Å². The van der Waals surface area contributed by atoms with Crippen molar-refractivity contribution >= 4 is 11.5 Å². The van der Waals surface area contributed by atoms with Crippen LogP contribution >= 0.6 is 0 Å². The van der Waals surface area contributed by atoms with E-state index < -0.39 is 0 Å². The molecule has 0 bridgehead atoms. The molecule has 5 nitrogen and oxygen atoms in total. The van der Waals surface area contributed by atoms with Gasteiger partial charge in [-0.25, -0.2) is 4.98 Å². The second kappa shape index (κ2) is 4.83. The second-order valence-electron chi connectivity index (χ2n) is 3.05. The average molecular weight is 201 g/mol. The first kappa shape index (κ1) is 10.8. The molecule has 0 aliphatic carbocycles. The van der Waals surface area contributed by atoms with Gasteiger partial charge >= 0.3 is 0 Å². The van der Waals surface area contributed by atoms with E-state index >= 15 is 0 Å². The van der Waals surface area contributed by atoms with Crippen LogP contribution in [-0.4, -0.2) is 18.6 Å². The number of nitrogen functional groups attached to an aromatic ring is 1. The maximum Gasteiger partial charge on any atom is 0.165 e. The van der Waals surface area contributed by atoms with Crippen molar-refractivity contribution in [1.29, 1.82) is 10.5 Å². The van der Waals surface area contributed by atoms with Crippen LogP contribution < -0.4 is 10.6 Å². The minimum atomic E-state index is 0.219. The SMILES string of the molecule is CN(CCC#N)c1ccc(N)c(C#N)n1. The van der Waals surface area contributed by atoms with Gasteiger partial charge in [0, 0.05) is 13.6 Å². The molecule has 0 amide bonds. The third-order valence-corrected chi connectivity index (χ3v) is 1.97. The molecule has 0 saturated heterocycles. The molecule has 1 rings (SSSR count). The second-order valence-corrected chi connectivity index (χ2v) is 3.05. The number of nitrogens with two attached hydrogens (primary N) is 1. The summed E-state index contributed by atoms with van der Waals surface area (Å²) in [5.41, 5.74) is 6.13. The molecule has 0 unspecified atom stereocenters. The first-order valence-electron chi connectivity index (χ1n) is 4.43. The summed E-state index contributed by atoms with van der Waals surface area (Å²) in [5.74, 6) is 0.649. The van der Waals surface area contributed by atoms with E-state index in [0.717, 1.165) is 0 Å². The molecule has 0 atom stereocenters. The van der Waals surface area contributed by atoms with Crippen LogP contribution in [0.4, 0.5) is 11.5 Å². The van der Waals surface area contributed by atoms with Crippen LogP contribution in [0.15, 0.2) is 12.1 Å². The van der Waals surface area contributed by atoms with Crippen LogP contribution in [-0.2, 0) is 0 Å². The topological polar surface area (TPSA) is 89.7 Å².